The van der Waals surface area contributed by atoms with Crippen molar-refractivity contribution in [3.63, 3.8) is 0 Å². The van der Waals surface area contributed by atoms with Crippen LogP contribution in [0.1, 0.15) is 41.6 Å². The molecule has 0 spiro atoms. The minimum absolute atomic E-state index is 0.0228. The van der Waals surface area contributed by atoms with Crippen molar-refractivity contribution in [2.45, 2.75) is 44.6 Å². The molecular weight excluding hydrogens is 358 g/mol. The van der Waals surface area contributed by atoms with Crippen LogP contribution in [0.25, 0.3) is 0 Å². The molecule has 7 nitrogen and oxygen atoms in total. The normalized spacial score (nSPS) is 23.3. The van der Waals surface area contributed by atoms with E-state index in [-0.39, 0.29) is 24.1 Å². The lowest BCUT2D eigenvalue weighted by Gasteiger charge is -2.36. The van der Waals surface area contributed by atoms with E-state index in [1.807, 2.05) is 12.1 Å². The van der Waals surface area contributed by atoms with Gasteiger partial charge < -0.3 is 24.6 Å². The van der Waals surface area contributed by atoms with Gasteiger partial charge in [-0.25, -0.2) is 0 Å². The van der Waals surface area contributed by atoms with E-state index in [1.54, 1.807) is 19.1 Å². The van der Waals surface area contributed by atoms with Crippen LogP contribution in [-0.4, -0.2) is 62.9 Å². The SMILES string of the molecule is COC(OC)C1CCN(c2ccc3c(c2)CN([C@H]2CCCNC2=O)C3=O)CC1. The fourth-order valence-corrected chi connectivity index (χ4v) is 4.74. The topological polar surface area (TPSA) is 71.1 Å². The Morgan fingerprint density at radius 1 is 1.11 bits per heavy atom. The number of benzene rings is 1. The predicted octanol–water partition coefficient (Wildman–Crippen LogP) is 1.76. The van der Waals surface area contributed by atoms with Gasteiger partial charge in [-0.1, -0.05) is 0 Å². The van der Waals surface area contributed by atoms with Crippen LogP contribution < -0.4 is 10.2 Å². The Morgan fingerprint density at radius 3 is 2.54 bits per heavy atom. The molecule has 2 fully saturated rings. The number of anilines is 1. The molecule has 3 aliphatic rings. The summed E-state index contributed by atoms with van der Waals surface area (Å²) in [5.41, 5.74) is 2.90. The molecule has 3 heterocycles. The fourth-order valence-electron chi connectivity index (χ4n) is 4.74. The summed E-state index contributed by atoms with van der Waals surface area (Å²) in [5, 5.41) is 2.88. The molecule has 2 saturated heterocycles. The summed E-state index contributed by atoms with van der Waals surface area (Å²) in [6, 6.07) is 5.74. The Hall–Kier alpha value is -2.12. The van der Waals surface area contributed by atoms with Crippen LogP contribution in [0.15, 0.2) is 18.2 Å². The number of hydrogen-bond acceptors (Lipinski definition) is 5. The number of nitrogens with zero attached hydrogens (tertiary/aromatic N) is 2. The van der Waals surface area contributed by atoms with Crippen molar-refractivity contribution in [1.29, 1.82) is 0 Å². The van der Waals surface area contributed by atoms with E-state index >= 15 is 0 Å². The average Bonchev–Trinajstić information content (AvgIpc) is 3.05. The van der Waals surface area contributed by atoms with Gasteiger partial charge in [0.15, 0.2) is 6.29 Å². The van der Waals surface area contributed by atoms with Gasteiger partial charge in [0.05, 0.1) is 0 Å². The molecule has 0 aliphatic carbocycles. The average molecular weight is 387 g/mol. The number of hydrogen-bond donors (Lipinski definition) is 1. The molecule has 1 aromatic rings. The molecule has 0 saturated carbocycles. The Bertz CT molecular complexity index is 741. The largest absolute Gasteiger partial charge is 0.372 e. The highest BCUT2D eigenvalue weighted by molar-refractivity contribution is 6.01. The summed E-state index contributed by atoms with van der Waals surface area (Å²) in [4.78, 5) is 29.1. The van der Waals surface area contributed by atoms with Gasteiger partial charge in [0.1, 0.15) is 6.04 Å². The second kappa shape index (κ2) is 8.09. The third-order valence-electron chi connectivity index (χ3n) is 6.31. The van der Waals surface area contributed by atoms with Crippen molar-refractivity contribution in [1.82, 2.24) is 10.2 Å². The number of fused-ring (bicyclic) bond motifs is 1. The first-order valence-corrected chi connectivity index (χ1v) is 10.1. The van der Waals surface area contributed by atoms with Gasteiger partial charge in [-0.2, -0.15) is 0 Å². The fraction of sp³-hybridized carbons (Fsp3) is 0.619. The van der Waals surface area contributed by atoms with Crippen LogP contribution in [0.2, 0.25) is 0 Å². The highest BCUT2D eigenvalue weighted by atomic mass is 16.7. The van der Waals surface area contributed by atoms with E-state index in [0.29, 0.717) is 19.0 Å². The van der Waals surface area contributed by atoms with Crippen molar-refractivity contribution < 1.29 is 19.1 Å². The van der Waals surface area contributed by atoms with Crippen molar-refractivity contribution in [3.05, 3.63) is 29.3 Å². The number of methoxy groups -OCH3 is 2. The second-order valence-electron chi connectivity index (χ2n) is 7.89. The van der Waals surface area contributed by atoms with Crippen molar-refractivity contribution >= 4 is 17.5 Å². The van der Waals surface area contributed by atoms with Gasteiger partial charge in [0, 0.05) is 57.6 Å². The van der Waals surface area contributed by atoms with Crippen molar-refractivity contribution in [3.8, 4) is 0 Å². The van der Waals surface area contributed by atoms with Crippen LogP contribution in [0, 0.1) is 5.92 Å². The maximum Gasteiger partial charge on any atom is 0.255 e. The van der Waals surface area contributed by atoms with E-state index in [0.717, 1.165) is 55.6 Å². The molecule has 1 aromatic carbocycles. The van der Waals surface area contributed by atoms with Crippen molar-refractivity contribution in [2.75, 3.05) is 38.8 Å². The Labute approximate surface area is 166 Å². The van der Waals surface area contributed by atoms with Gasteiger partial charge in [-0.15, -0.1) is 0 Å². The van der Waals surface area contributed by atoms with E-state index in [9.17, 15) is 9.59 Å². The molecule has 7 heteroatoms. The zero-order valence-electron chi connectivity index (χ0n) is 16.6. The zero-order chi connectivity index (χ0) is 19.7. The molecule has 2 amide bonds. The van der Waals surface area contributed by atoms with Crippen LogP contribution in [0.3, 0.4) is 0 Å². The summed E-state index contributed by atoms with van der Waals surface area (Å²) < 4.78 is 10.8. The minimum Gasteiger partial charge on any atom is -0.372 e. The van der Waals surface area contributed by atoms with E-state index in [4.69, 9.17) is 9.47 Å². The van der Waals surface area contributed by atoms with E-state index in [1.165, 1.54) is 0 Å². The third kappa shape index (κ3) is 3.49. The molecule has 1 atom stereocenters. The van der Waals surface area contributed by atoms with Gasteiger partial charge >= 0.3 is 0 Å². The monoisotopic (exact) mass is 387 g/mol. The maximum atomic E-state index is 12.8. The molecule has 28 heavy (non-hydrogen) atoms. The lowest BCUT2D eigenvalue weighted by Crippen LogP contribution is -2.50. The Balaban J connectivity index is 1.44. The lowest BCUT2D eigenvalue weighted by molar-refractivity contribution is -0.141. The number of ether oxygens (including phenoxy) is 2. The first kappa shape index (κ1) is 19.2. The van der Waals surface area contributed by atoms with Gasteiger partial charge in [-0.05, 0) is 49.4 Å². The van der Waals surface area contributed by atoms with E-state index in [2.05, 4.69) is 16.3 Å². The quantitative estimate of drug-likeness (QED) is 0.780. The molecule has 0 radical (unpaired) electrons. The highest BCUT2D eigenvalue weighted by Crippen LogP contribution is 2.32. The molecular formula is C21H29N3O4. The summed E-state index contributed by atoms with van der Waals surface area (Å²) in [5.74, 6) is 0.355. The predicted molar refractivity (Wildman–Crippen MR) is 105 cm³/mol. The summed E-state index contributed by atoms with van der Waals surface area (Å²) in [7, 11) is 3.38. The smallest absolute Gasteiger partial charge is 0.255 e. The molecule has 4 rings (SSSR count). The highest BCUT2D eigenvalue weighted by Gasteiger charge is 2.37. The van der Waals surface area contributed by atoms with E-state index < -0.39 is 0 Å². The summed E-state index contributed by atoms with van der Waals surface area (Å²) >= 11 is 0. The van der Waals surface area contributed by atoms with Crippen LogP contribution in [0.4, 0.5) is 5.69 Å². The van der Waals surface area contributed by atoms with Crippen molar-refractivity contribution in [2.24, 2.45) is 5.92 Å². The van der Waals surface area contributed by atoms with Gasteiger partial charge in [0.25, 0.3) is 5.91 Å². The number of amides is 2. The maximum absolute atomic E-state index is 12.8. The molecule has 0 bridgehead atoms. The molecule has 1 N–H and O–H groups in total. The zero-order valence-corrected chi connectivity index (χ0v) is 16.6. The lowest BCUT2D eigenvalue weighted by atomic mass is 9.95. The molecule has 0 unspecified atom stereocenters. The summed E-state index contributed by atoms with van der Waals surface area (Å²) in [6.45, 7) is 3.11. The second-order valence-corrected chi connectivity index (χ2v) is 7.89. The number of carbonyl (C=O) groups is 2. The Morgan fingerprint density at radius 2 is 1.86 bits per heavy atom. The third-order valence-corrected chi connectivity index (χ3v) is 6.31. The van der Waals surface area contributed by atoms with Gasteiger partial charge in [-0.3, -0.25) is 9.59 Å². The number of nitrogens with one attached hydrogen (secondary N) is 1. The van der Waals surface area contributed by atoms with Gasteiger partial charge in [0.2, 0.25) is 5.91 Å². The number of rotatable bonds is 5. The standard InChI is InChI=1S/C21H29N3O4/c1-27-21(28-2)14-7-10-23(11-8-14)16-5-6-17-15(12-16)13-24(20(17)26)18-4-3-9-22-19(18)25/h5-6,12,14,18,21H,3-4,7-11,13H2,1-2H3,(H,22,25)/t18-/m0/s1. The molecule has 152 valence electrons. The Kier molecular flexibility index (Phi) is 5.55. The first-order chi connectivity index (χ1) is 13.6. The minimum atomic E-state index is -0.340. The molecule has 0 aromatic heterocycles. The first-order valence-electron chi connectivity index (χ1n) is 10.1. The van der Waals surface area contributed by atoms with Crippen LogP contribution in [-0.2, 0) is 20.8 Å². The number of carbonyl (C=O) groups excluding carboxylic acids is 2. The number of piperidine rings is 2. The molecule has 3 aliphatic heterocycles. The summed E-state index contributed by atoms with van der Waals surface area (Å²) in [6.07, 6.45) is 3.54. The van der Waals surface area contributed by atoms with Crippen LogP contribution >= 0.6 is 0 Å². The van der Waals surface area contributed by atoms with Crippen LogP contribution in [0.5, 0.6) is 0 Å².